The first-order valence-electron chi connectivity index (χ1n) is 6.75. The lowest BCUT2D eigenvalue weighted by Crippen LogP contribution is -2.40. The monoisotopic (exact) mass is 276 g/mol. The van der Waals surface area contributed by atoms with Gasteiger partial charge in [0.05, 0.1) is 11.9 Å². The normalized spacial score (nSPS) is 37.8. The minimum absolute atomic E-state index is 0.170. The zero-order chi connectivity index (χ0) is 13.0. The Morgan fingerprint density at radius 1 is 1.21 bits per heavy atom. The average Bonchev–Trinajstić information content (AvgIpc) is 2.94. The van der Waals surface area contributed by atoms with Gasteiger partial charge in [-0.2, -0.15) is 0 Å². The molecule has 0 saturated carbocycles. The van der Waals surface area contributed by atoms with Crippen molar-refractivity contribution in [3.05, 3.63) is 36.1 Å². The summed E-state index contributed by atoms with van der Waals surface area (Å²) in [4.78, 5) is 0. The van der Waals surface area contributed by atoms with Gasteiger partial charge in [0.25, 0.3) is 0 Å². The topological polar surface area (TPSA) is 50.4 Å². The summed E-state index contributed by atoms with van der Waals surface area (Å²) < 4.78 is 17.4. The van der Waals surface area contributed by atoms with Gasteiger partial charge in [0.2, 0.25) is 0 Å². The van der Waals surface area contributed by atoms with Gasteiger partial charge >= 0.3 is 0 Å². The van der Waals surface area contributed by atoms with Gasteiger partial charge in [0, 0.05) is 26.7 Å². The quantitative estimate of drug-likeness (QED) is 0.871. The van der Waals surface area contributed by atoms with Gasteiger partial charge < -0.3 is 9.52 Å². The molecule has 4 heteroatoms. The first kappa shape index (κ1) is 11.7. The van der Waals surface area contributed by atoms with Crippen LogP contribution in [-0.4, -0.2) is 19.8 Å². The predicted octanol–water partition coefficient (Wildman–Crippen LogP) is 2.69. The Bertz CT molecular complexity index is 644. The zero-order valence-corrected chi connectivity index (χ0v) is 11.4. The highest BCUT2D eigenvalue weighted by atomic mass is 32.2. The highest BCUT2D eigenvalue weighted by Crippen LogP contribution is 2.46. The average molecular weight is 276 g/mol. The molecule has 2 fully saturated rings. The lowest BCUT2D eigenvalue weighted by molar-refractivity contribution is 0.0186. The van der Waals surface area contributed by atoms with Crippen LogP contribution in [0.5, 0.6) is 0 Å². The van der Waals surface area contributed by atoms with Crippen molar-refractivity contribution in [3.63, 3.8) is 0 Å². The standard InChI is InChI=1S/C15H16O3S/c16-15(8-12-2-3-13(9-15)19(12)17)11-1-4-14-10(7-11)5-6-18-14/h1,4-7,12-13,16H,2-3,8-9H2. The number of hydrogen-bond acceptors (Lipinski definition) is 3. The van der Waals surface area contributed by atoms with Crippen molar-refractivity contribution >= 4 is 21.8 Å². The van der Waals surface area contributed by atoms with E-state index in [1.807, 2.05) is 24.3 Å². The smallest absolute Gasteiger partial charge is 0.133 e. The first-order valence-corrected chi connectivity index (χ1v) is 8.03. The highest BCUT2D eigenvalue weighted by molar-refractivity contribution is 7.86. The van der Waals surface area contributed by atoms with Crippen LogP contribution in [0, 0.1) is 0 Å². The van der Waals surface area contributed by atoms with E-state index in [1.54, 1.807) is 6.26 Å². The molecule has 1 aromatic heterocycles. The lowest BCUT2D eigenvalue weighted by atomic mass is 9.85. The number of aliphatic hydroxyl groups is 1. The highest BCUT2D eigenvalue weighted by Gasteiger charge is 2.48. The van der Waals surface area contributed by atoms with Gasteiger partial charge in [-0.05, 0) is 49.4 Å². The third kappa shape index (κ3) is 1.70. The minimum Gasteiger partial charge on any atom is -0.464 e. The molecule has 0 spiro atoms. The van der Waals surface area contributed by atoms with Crippen molar-refractivity contribution in [3.8, 4) is 0 Å². The largest absolute Gasteiger partial charge is 0.464 e. The minimum atomic E-state index is -0.814. The first-order chi connectivity index (χ1) is 9.16. The molecule has 2 aliphatic rings. The molecule has 2 unspecified atom stereocenters. The molecule has 2 aliphatic heterocycles. The molecule has 19 heavy (non-hydrogen) atoms. The van der Waals surface area contributed by atoms with E-state index in [9.17, 15) is 9.32 Å². The molecule has 100 valence electrons. The Balaban J connectivity index is 1.76. The summed E-state index contributed by atoms with van der Waals surface area (Å²) in [7, 11) is -0.737. The van der Waals surface area contributed by atoms with E-state index in [4.69, 9.17) is 4.42 Å². The molecule has 1 N–H and O–H groups in total. The lowest BCUT2D eigenvalue weighted by Gasteiger charge is -2.36. The third-order valence-corrected chi connectivity index (χ3v) is 6.71. The molecule has 4 rings (SSSR count). The summed E-state index contributed by atoms with van der Waals surface area (Å²) in [6.45, 7) is 0. The van der Waals surface area contributed by atoms with E-state index in [2.05, 4.69) is 0 Å². The number of benzene rings is 1. The van der Waals surface area contributed by atoms with Gasteiger partial charge in [-0.3, -0.25) is 4.21 Å². The van der Waals surface area contributed by atoms with Crippen molar-refractivity contribution < 1.29 is 13.7 Å². The second-order valence-corrected chi connectivity index (χ2v) is 7.75. The molecule has 2 bridgehead atoms. The Kier molecular flexibility index (Phi) is 2.42. The van der Waals surface area contributed by atoms with E-state index < -0.39 is 16.4 Å². The molecule has 0 radical (unpaired) electrons. The van der Waals surface area contributed by atoms with E-state index in [0.717, 1.165) is 29.4 Å². The van der Waals surface area contributed by atoms with Crippen LogP contribution in [-0.2, 0) is 16.4 Å². The Hall–Kier alpha value is -1.13. The van der Waals surface area contributed by atoms with Crippen LogP contribution in [0.3, 0.4) is 0 Å². The van der Waals surface area contributed by atoms with Gasteiger partial charge in [-0.1, -0.05) is 6.07 Å². The van der Waals surface area contributed by atoms with Crippen molar-refractivity contribution in [2.24, 2.45) is 0 Å². The molecule has 3 heterocycles. The molecular formula is C15H16O3S. The van der Waals surface area contributed by atoms with E-state index in [1.165, 1.54) is 0 Å². The molecule has 3 nitrogen and oxygen atoms in total. The summed E-state index contributed by atoms with van der Waals surface area (Å²) in [5.41, 5.74) is 0.968. The van der Waals surface area contributed by atoms with Crippen molar-refractivity contribution in [2.75, 3.05) is 0 Å². The summed E-state index contributed by atoms with van der Waals surface area (Å²) >= 11 is 0. The fourth-order valence-corrected chi connectivity index (χ4v) is 5.73. The number of fused-ring (bicyclic) bond motifs is 3. The summed E-state index contributed by atoms with van der Waals surface area (Å²) in [5, 5.41) is 12.3. The zero-order valence-electron chi connectivity index (χ0n) is 10.5. The van der Waals surface area contributed by atoms with Gasteiger partial charge in [0.15, 0.2) is 0 Å². The van der Waals surface area contributed by atoms with Crippen LogP contribution in [0.1, 0.15) is 31.2 Å². The van der Waals surface area contributed by atoms with Crippen LogP contribution in [0.4, 0.5) is 0 Å². The van der Waals surface area contributed by atoms with Gasteiger partial charge in [-0.15, -0.1) is 0 Å². The van der Waals surface area contributed by atoms with E-state index in [0.29, 0.717) is 12.8 Å². The molecule has 2 atom stereocenters. The molecular weight excluding hydrogens is 260 g/mol. The Morgan fingerprint density at radius 3 is 2.68 bits per heavy atom. The van der Waals surface area contributed by atoms with E-state index >= 15 is 0 Å². The number of hydrogen-bond donors (Lipinski definition) is 1. The maximum atomic E-state index is 12.1. The summed E-state index contributed by atoms with van der Waals surface area (Å²) in [6.07, 6.45) is 4.90. The van der Waals surface area contributed by atoms with Crippen LogP contribution in [0.15, 0.2) is 34.9 Å². The fraction of sp³-hybridized carbons (Fsp3) is 0.467. The summed E-state index contributed by atoms with van der Waals surface area (Å²) in [6, 6.07) is 7.78. The molecule has 2 saturated heterocycles. The van der Waals surface area contributed by atoms with Gasteiger partial charge in [0.1, 0.15) is 5.58 Å². The molecule has 0 amide bonds. The maximum absolute atomic E-state index is 12.1. The summed E-state index contributed by atoms with van der Waals surface area (Å²) in [5.74, 6) is 0. The van der Waals surface area contributed by atoms with Crippen LogP contribution < -0.4 is 0 Å². The van der Waals surface area contributed by atoms with Crippen LogP contribution in [0.25, 0.3) is 11.0 Å². The molecule has 1 aromatic carbocycles. The SMILES string of the molecule is O=S1C2CCC1CC(O)(c1ccc3occc3c1)C2. The predicted molar refractivity (Wildman–Crippen MR) is 74.3 cm³/mol. The second kappa shape index (κ2) is 3.93. The van der Waals surface area contributed by atoms with Gasteiger partial charge in [-0.25, -0.2) is 0 Å². The van der Waals surface area contributed by atoms with Crippen molar-refractivity contribution in [1.29, 1.82) is 0 Å². The van der Waals surface area contributed by atoms with E-state index in [-0.39, 0.29) is 10.5 Å². The second-order valence-electron chi connectivity index (χ2n) is 5.76. The van der Waals surface area contributed by atoms with Crippen LogP contribution >= 0.6 is 0 Å². The Labute approximate surface area is 114 Å². The fourth-order valence-electron chi connectivity index (χ4n) is 3.57. The third-order valence-electron chi connectivity index (χ3n) is 4.59. The number of rotatable bonds is 1. The molecule has 0 aliphatic carbocycles. The Morgan fingerprint density at radius 2 is 1.95 bits per heavy atom. The van der Waals surface area contributed by atoms with Crippen molar-refractivity contribution in [1.82, 2.24) is 0 Å². The number of furan rings is 1. The maximum Gasteiger partial charge on any atom is 0.133 e. The molecule has 2 aromatic rings. The van der Waals surface area contributed by atoms with Crippen molar-refractivity contribution in [2.45, 2.75) is 41.8 Å². The van der Waals surface area contributed by atoms with Crippen LogP contribution in [0.2, 0.25) is 0 Å².